The number of amides is 1. The predicted molar refractivity (Wildman–Crippen MR) is 128 cm³/mol. The number of hydrogen-bond donors (Lipinski definition) is 1. The van der Waals surface area contributed by atoms with Crippen molar-refractivity contribution in [2.75, 3.05) is 44.7 Å². The summed E-state index contributed by atoms with van der Waals surface area (Å²) in [7, 11) is 1.64. The van der Waals surface area contributed by atoms with Crippen molar-refractivity contribution in [3.8, 4) is 17.1 Å². The van der Waals surface area contributed by atoms with Crippen LogP contribution >= 0.6 is 0 Å². The van der Waals surface area contributed by atoms with Gasteiger partial charge in [0.05, 0.1) is 7.11 Å². The maximum absolute atomic E-state index is 12.6. The normalized spacial score (nSPS) is 20.1. The van der Waals surface area contributed by atoms with Crippen LogP contribution in [0.4, 0.5) is 6.01 Å². The minimum Gasteiger partial charge on any atom is -0.497 e. The number of methoxy groups -OCH3 is 1. The first-order valence-corrected chi connectivity index (χ1v) is 12.4. The van der Waals surface area contributed by atoms with Crippen molar-refractivity contribution in [1.82, 2.24) is 20.4 Å². The number of benzene rings is 1. The summed E-state index contributed by atoms with van der Waals surface area (Å²) in [5, 5.41) is 7.29. The molecular formula is C25H37N5O3. The van der Waals surface area contributed by atoms with E-state index in [-0.39, 0.29) is 11.8 Å². The van der Waals surface area contributed by atoms with Gasteiger partial charge in [-0.1, -0.05) is 18.5 Å². The summed E-state index contributed by atoms with van der Waals surface area (Å²) in [6.45, 7) is 6.83. The number of nitrogens with one attached hydrogen (secondary N) is 1. The van der Waals surface area contributed by atoms with Crippen LogP contribution < -0.4 is 15.0 Å². The van der Waals surface area contributed by atoms with Crippen LogP contribution in [0.15, 0.2) is 28.8 Å². The Balaban J connectivity index is 1.19. The number of nitrogens with zero attached hydrogens (tertiary/aromatic N) is 4. The van der Waals surface area contributed by atoms with E-state index in [2.05, 4.69) is 32.2 Å². The summed E-state index contributed by atoms with van der Waals surface area (Å²) in [4.78, 5) is 21.9. The molecule has 2 aliphatic heterocycles. The summed E-state index contributed by atoms with van der Waals surface area (Å²) in [6, 6.07) is 8.84. The lowest BCUT2D eigenvalue weighted by Gasteiger charge is -2.35. The SMILES string of the molecule is CC[C@H]1CCCCN1CCCNC(=O)C1CCN(c2nc(-c3ccc(OC)cc3)no2)CC1. The van der Waals surface area contributed by atoms with Gasteiger partial charge in [-0.2, -0.15) is 4.98 Å². The Bertz CT molecular complexity index is 876. The zero-order valence-corrected chi connectivity index (χ0v) is 20.0. The van der Waals surface area contributed by atoms with E-state index in [0.717, 1.165) is 62.8 Å². The fourth-order valence-electron chi connectivity index (χ4n) is 4.99. The molecule has 2 saturated heterocycles. The Morgan fingerprint density at radius 3 is 2.67 bits per heavy atom. The summed E-state index contributed by atoms with van der Waals surface area (Å²) in [5.41, 5.74) is 0.884. The summed E-state index contributed by atoms with van der Waals surface area (Å²) in [5.74, 6) is 1.60. The quantitative estimate of drug-likeness (QED) is 0.577. The third-order valence-electron chi connectivity index (χ3n) is 7.04. The molecule has 1 N–H and O–H groups in total. The van der Waals surface area contributed by atoms with Gasteiger partial charge in [0.1, 0.15) is 5.75 Å². The number of piperidine rings is 2. The van der Waals surface area contributed by atoms with Crippen LogP contribution in [0.1, 0.15) is 51.9 Å². The maximum atomic E-state index is 12.6. The molecule has 1 atom stereocenters. The molecule has 3 heterocycles. The van der Waals surface area contributed by atoms with Gasteiger partial charge in [0.15, 0.2) is 0 Å². The summed E-state index contributed by atoms with van der Waals surface area (Å²) < 4.78 is 10.7. The first-order valence-electron chi connectivity index (χ1n) is 12.4. The minimum absolute atomic E-state index is 0.0589. The molecule has 0 bridgehead atoms. The van der Waals surface area contributed by atoms with Crippen LogP contribution in [0.2, 0.25) is 0 Å². The standard InChI is InChI=1S/C25H37N5O3/c1-3-21-7-4-5-15-29(21)16-6-14-26-24(31)20-12-17-30(18-13-20)25-27-23(28-33-25)19-8-10-22(32-2)11-9-19/h8-11,20-21H,3-7,12-18H2,1-2H3,(H,26,31)/t21-/m0/s1. The van der Waals surface area contributed by atoms with Crippen molar-refractivity contribution in [3.05, 3.63) is 24.3 Å². The van der Waals surface area contributed by atoms with Crippen LogP contribution in [0.25, 0.3) is 11.4 Å². The second-order valence-electron chi connectivity index (χ2n) is 9.13. The second-order valence-corrected chi connectivity index (χ2v) is 9.13. The first kappa shape index (κ1) is 23.5. The molecule has 0 spiro atoms. The number of aromatic nitrogens is 2. The second kappa shape index (κ2) is 11.5. The average molecular weight is 456 g/mol. The fourth-order valence-corrected chi connectivity index (χ4v) is 4.99. The molecule has 0 saturated carbocycles. The highest BCUT2D eigenvalue weighted by atomic mass is 16.5. The van der Waals surface area contributed by atoms with Crippen LogP contribution in [-0.2, 0) is 4.79 Å². The zero-order valence-electron chi connectivity index (χ0n) is 20.0. The van der Waals surface area contributed by atoms with Crippen molar-refractivity contribution >= 4 is 11.9 Å². The Morgan fingerprint density at radius 2 is 1.94 bits per heavy atom. The largest absolute Gasteiger partial charge is 0.497 e. The molecular weight excluding hydrogens is 418 g/mol. The van der Waals surface area contributed by atoms with Crippen LogP contribution in [0.3, 0.4) is 0 Å². The molecule has 0 unspecified atom stereocenters. The van der Waals surface area contributed by atoms with Gasteiger partial charge in [0.25, 0.3) is 0 Å². The third-order valence-corrected chi connectivity index (χ3v) is 7.04. The summed E-state index contributed by atoms with van der Waals surface area (Å²) >= 11 is 0. The molecule has 2 fully saturated rings. The maximum Gasteiger partial charge on any atom is 0.324 e. The Kier molecular flexibility index (Phi) is 8.20. The van der Waals surface area contributed by atoms with E-state index in [4.69, 9.17) is 9.26 Å². The number of rotatable bonds is 9. The van der Waals surface area contributed by atoms with Gasteiger partial charge < -0.3 is 24.4 Å². The van der Waals surface area contributed by atoms with Gasteiger partial charge in [-0.15, -0.1) is 0 Å². The van der Waals surface area contributed by atoms with E-state index in [9.17, 15) is 4.79 Å². The lowest BCUT2D eigenvalue weighted by atomic mass is 9.96. The van der Waals surface area contributed by atoms with Gasteiger partial charge in [-0.05, 0) is 69.3 Å². The number of carbonyl (C=O) groups is 1. The van der Waals surface area contributed by atoms with Crippen LogP contribution in [-0.4, -0.2) is 66.8 Å². The molecule has 8 nitrogen and oxygen atoms in total. The van der Waals surface area contributed by atoms with Gasteiger partial charge in [0.2, 0.25) is 11.7 Å². The van der Waals surface area contributed by atoms with Crippen LogP contribution in [0.5, 0.6) is 5.75 Å². The van der Waals surface area contributed by atoms with Crippen molar-refractivity contribution < 1.29 is 14.1 Å². The van der Waals surface area contributed by atoms with E-state index in [1.807, 2.05) is 24.3 Å². The molecule has 180 valence electrons. The van der Waals surface area contributed by atoms with Crippen LogP contribution in [0, 0.1) is 5.92 Å². The van der Waals surface area contributed by atoms with E-state index in [0.29, 0.717) is 11.8 Å². The van der Waals surface area contributed by atoms with Gasteiger partial charge in [-0.3, -0.25) is 4.79 Å². The van der Waals surface area contributed by atoms with E-state index >= 15 is 0 Å². The lowest BCUT2D eigenvalue weighted by molar-refractivity contribution is -0.125. The number of likely N-dealkylation sites (tertiary alicyclic amines) is 1. The van der Waals surface area contributed by atoms with Crippen molar-refractivity contribution in [2.45, 2.75) is 57.9 Å². The average Bonchev–Trinajstić information content (AvgIpc) is 3.37. The highest BCUT2D eigenvalue weighted by molar-refractivity contribution is 5.78. The molecule has 33 heavy (non-hydrogen) atoms. The Hall–Kier alpha value is -2.61. The Morgan fingerprint density at radius 1 is 1.15 bits per heavy atom. The predicted octanol–water partition coefficient (Wildman–Crippen LogP) is 3.73. The minimum atomic E-state index is 0.0589. The molecule has 0 aliphatic carbocycles. The van der Waals surface area contributed by atoms with E-state index in [1.165, 1.54) is 32.2 Å². The molecule has 1 aromatic heterocycles. The zero-order chi connectivity index (χ0) is 23.0. The number of anilines is 1. The highest BCUT2D eigenvalue weighted by Crippen LogP contribution is 2.26. The number of ether oxygens (including phenoxy) is 1. The lowest BCUT2D eigenvalue weighted by Crippen LogP contribution is -2.42. The molecule has 1 amide bonds. The molecule has 1 aromatic carbocycles. The topological polar surface area (TPSA) is 83.7 Å². The monoisotopic (exact) mass is 455 g/mol. The fraction of sp³-hybridized carbons (Fsp3) is 0.640. The smallest absolute Gasteiger partial charge is 0.324 e. The molecule has 2 aromatic rings. The van der Waals surface area contributed by atoms with Crippen molar-refractivity contribution in [3.63, 3.8) is 0 Å². The van der Waals surface area contributed by atoms with Crippen molar-refractivity contribution in [2.24, 2.45) is 5.92 Å². The summed E-state index contributed by atoms with van der Waals surface area (Å²) in [6.07, 6.45) is 7.85. The Labute approximate surface area is 196 Å². The molecule has 8 heteroatoms. The first-order chi connectivity index (χ1) is 16.2. The van der Waals surface area contributed by atoms with Gasteiger partial charge >= 0.3 is 6.01 Å². The van der Waals surface area contributed by atoms with Gasteiger partial charge in [-0.25, -0.2) is 0 Å². The highest BCUT2D eigenvalue weighted by Gasteiger charge is 2.27. The van der Waals surface area contributed by atoms with E-state index in [1.54, 1.807) is 7.11 Å². The third kappa shape index (κ3) is 6.05. The number of carbonyl (C=O) groups excluding carboxylic acids is 1. The van der Waals surface area contributed by atoms with Gasteiger partial charge in [0, 0.05) is 43.7 Å². The molecule has 0 radical (unpaired) electrons. The number of hydrogen-bond acceptors (Lipinski definition) is 7. The molecule has 4 rings (SSSR count). The molecule has 2 aliphatic rings. The van der Waals surface area contributed by atoms with Crippen molar-refractivity contribution in [1.29, 1.82) is 0 Å². The van der Waals surface area contributed by atoms with E-state index < -0.39 is 0 Å².